The number of fused-ring (bicyclic) bond motifs is 1. The third kappa shape index (κ3) is 4.45. The zero-order valence-electron chi connectivity index (χ0n) is 18.5. The van der Waals surface area contributed by atoms with Gasteiger partial charge in [0, 0.05) is 11.6 Å². The van der Waals surface area contributed by atoms with Crippen molar-refractivity contribution < 1.29 is 4.74 Å². The first-order valence-corrected chi connectivity index (χ1v) is 10.3. The first-order chi connectivity index (χ1) is 14.7. The Morgan fingerprint density at radius 1 is 1.00 bits per heavy atom. The number of H-pyrrole nitrogens is 1. The molecule has 4 aromatic rings. The molecule has 160 valence electrons. The van der Waals surface area contributed by atoms with Gasteiger partial charge in [-0.3, -0.25) is 9.89 Å². The number of rotatable bonds is 5. The highest BCUT2D eigenvalue weighted by molar-refractivity contribution is 5.60. The van der Waals surface area contributed by atoms with Crippen LogP contribution in [0.4, 0.5) is 5.95 Å². The summed E-state index contributed by atoms with van der Waals surface area (Å²) in [6.07, 6.45) is 0. The Bertz CT molecular complexity index is 1280. The smallest absolute Gasteiger partial charge is 0.266 e. The molecule has 2 aromatic carbocycles. The van der Waals surface area contributed by atoms with E-state index in [9.17, 15) is 4.79 Å². The summed E-state index contributed by atoms with van der Waals surface area (Å²) in [5.74, 6) is 1.75. The summed E-state index contributed by atoms with van der Waals surface area (Å²) in [6.45, 7) is 10.8. The number of hydrogen-bond acceptors (Lipinski definition) is 5. The molecule has 4 rings (SSSR count). The topological polar surface area (TPSA) is 84.3 Å². The molecule has 0 bridgehead atoms. The van der Waals surface area contributed by atoms with Crippen LogP contribution < -0.4 is 15.6 Å². The van der Waals surface area contributed by atoms with Gasteiger partial charge in [-0.15, -0.1) is 0 Å². The average Bonchev–Trinajstić information content (AvgIpc) is 3.10. The fraction of sp³-hybridized carbons (Fsp3) is 0.292. The lowest BCUT2D eigenvalue weighted by Gasteiger charge is -2.19. The highest BCUT2D eigenvalue weighted by atomic mass is 16.5. The van der Waals surface area contributed by atoms with Crippen molar-refractivity contribution in [3.63, 3.8) is 0 Å². The maximum atomic E-state index is 11.9. The van der Waals surface area contributed by atoms with E-state index >= 15 is 0 Å². The molecule has 0 atom stereocenters. The molecule has 0 aliphatic carbocycles. The molecule has 0 fully saturated rings. The minimum atomic E-state index is -0.243. The minimum Gasteiger partial charge on any atom is -0.473 e. The Hall–Kier alpha value is -3.61. The van der Waals surface area contributed by atoms with E-state index in [4.69, 9.17) is 4.74 Å². The molecule has 0 radical (unpaired) electrons. The fourth-order valence-electron chi connectivity index (χ4n) is 3.26. The van der Waals surface area contributed by atoms with Crippen LogP contribution in [0.2, 0.25) is 0 Å². The predicted octanol–water partition coefficient (Wildman–Crippen LogP) is 4.45. The second-order valence-electron chi connectivity index (χ2n) is 8.72. The van der Waals surface area contributed by atoms with Crippen molar-refractivity contribution in [3.8, 4) is 17.1 Å². The molecule has 0 saturated carbocycles. The number of ether oxygens (including phenoxy) is 1. The summed E-state index contributed by atoms with van der Waals surface area (Å²) in [6, 6.07) is 15.6. The van der Waals surface area contributed by atoms with E-state index in [1.165, 1.54) is 21.7 Å². The predicted molar refractivity (Wildman–Crippen MR) is 123 cm³/mol. The maximum absolute atomic E-state index is 11.9. The van der Waals surface area contributed by atoms with E-state index in [2.05, 4.69) is 60.2 Å². The first kappa shape index (κ1) is 20.7. The molecule has 31 heavy (non-hydrogen) atoms. The SMILES string of the molecule is Cc1ccc(OCNc2nc(-c3ccc(C(C)(C)C)cc3)nc3cc(=O)[nH]n23)cc1C. The molecule has 0 unspecified atom stereocenters. The van der Waals surface area contributed by atoms with E-state index in [1.807, 2.05) is 37.3 Å². The maximum Gasteiger partial charge on any atom is 0.266 e. The summed E-state index contributed by atoms with van der Waals surface area (Å²) in [5.41, 5.74) is 4.80. The minimum absolute atomic E-state index is 0.0652. The van der Waals surface area contributed by atoms with Crippen molar-refractivity contribution in [1.29, 1.82) is 0 Å². The van der Waals surface area contributed by atoms with Crippen LogP contribution in [0.3, 0.4) is 0 Å². The molecular formula is C24H27N5O2. The molecule has 0 aliphatic rings. The van der Waals surface area contributed by atoms with Crippen molar-refractivity contribution in [2.75, 3.05) is 12.0 Å². The monoisotopic (exact) mass is 417 g/mol. The Labute approximate surface area is 181 Å². The molecule has 0 spiro atoms. The molecule has 2 heterocycles. The lowest BCUT2D eigenvalue weighted by atomic mass is 9.87. The zero-order chi connectivity index (χ0) is 22.2. The number of aryl methyl sites for hydroxylation is 2. The zero-order valence-corrected chi connectivity index (χ0v) is 18.5. The van der Waals surface area contributed by atoms with Gasteiger partial charge in [0.25, 0.3) is 5.56 Å². The van der Waals surface area contributed by atoms with E-state index in [0.717, 1.165) is 16.9 Å². The van der Waals surface area contributed by atoms with E-state index in [-0.39, 0.29) is 17.7 Å². The number of benzene rings is 2. The number of anilines is 1. The fourth-order valence-corrected chi connectivity index (χ4v) is 3.26. The number of aromatic nitrogens is 4. The van der Waals surface area contributed by atoms with E-state index in [0.29, 0.717) is 17.4 Å². The van der Waals surface area contributed by atoms with Crippen LogP contribution in [-0.2, 0) is 5.41 Å². The van der Waals surface area contributed by atoms with Gasteiger partial charge in [0.15, 0.2) is 18.2 Å². The summed E-state index contributed by atoms with van der Waals surface area (Å²) in [4.78, 5) is 21.1. The molecule has 2 aromatic heterocycles. The molecule has 2 N–H and O–H groups in total. The van der Waals surface area contributed by atoms with Gasteiger partial charge < -0.3 is 10.1 Å². The van der Waals surface area contributed by atoms with E-state index < -0.39 is 0 Å². The van der Waals surface area contributed by atoms with Gasteiger partial charge in [-0.1, -0.05) is 51.1 Å². The number of nitrogens with one attached hydrogen (secondary N) is 2. The Morgan fingerprint density at radius 3 is 2.42 bits per heavy atom. The molecule has 7 nitrogen and oxygen atoms in total. The van der Waals surface area contributed by atoms with Crippen molar-refractivity contribution in [3.05, 3.63) is 75.6 Å². The molecular weight excluding hydrogens is 390 g/mol. The largest absolute Gasteiger partial charge is 0.473 e. The van der Waals surface area contributed by atoms with Crippen molar-refractivity contribution in [2.24, 2.45) is 0 Å². The number of aromatic amines is 1. The molecule has 0 amide bonds. The van der Waals surface area contributed by atoms with Gasteiger partial charge in [0.1, 0.15) is 5.75 Å². The Kier molecular flexibility index (Phi) is 5.27. The first-order valence-electron chi connectivity index (χ1n) is 10.3. The normalized spacial score (nSPS) is 11.6. The standard InChI is InChI=1S/C24H27N5O2/c1-15-6-11-19(12-16(15)2)31-14-25-23-27-22(26-20-13-21(30)28-29(20)23)17-7-9-18(10-8-17)24(3,4)5/h6-13H,14H2,1-5H3,(H,28,30)(H,25,26,27). The van der Waals surface area contributed by atoms with Crippen LogP contribution in [0.5, 0.6) is 5.75 Å². The van der Waals surface area contributed by atoms with Crippen LogP contribution in [0, 0.1) is 13.8 Å². The lowest BCUT2D eigenvalue weighted by Crippen LogP contribution is -2.15. The highest BCUT2D eigenvalue weighted by Gasteiger charge is 2.15. The van der Waals surface area contributed by atoms with Gasteiger partial charge in [-0.05, 0) is 48.1 Å². The Balaban J connectivity index is 1.61. The van der Waals surface area contributed by atoms with Crippen LogP contribution in [0.1, 0.15) is 37.5 Å². The van der Waals surface area contributed by atoms with Gasteiger partial charge in [0.2, 0.25) is 5.95 Å². The van der Waals surface area contributed by atoms with Crippen molar-refractivity contribution >= 4 is 11.6 Å². The van der Waals surface area contributed by atoms with Gasteiger partial charge in [-0.2, -0.15) is 4.98 Å². The third-order valence-corrected chi connectivity index (χ3v) is 5.31. The molecule has 0 saturated heterocycles. The van der Waals surface area contributed by atoms with Gasteiger partial charge in [0.05, 0.1) is 0 Å². The van der Waals surface area contributed by atoms with Crippen LogP contribution >= 0.6 is 0 Å². The molecule has 7 heteroatoms. The second-order valence-corrected chi connectivity index (χ2v) is 8.72. The van der Waals surface area contributed by atoms with E-state index in [1.54, 1.807) is 0 Å². The summed E-state index contributed by atoms with van der Waals surface area (Å²) < 4.78 is 7.35. The number of nitrogens with zero attached hydrogens (tertiary/aromatic N) is 3. The second kappa shape index (κ2) is 7.91. The number of hydrogen-bond donors (Lipinski definition) is 2. The summed E-state index contributed by atoms with van der Waals surface area (Å²) in [5, 5.41) is 5.87. The summed E-state index contributed by atoms with van der Waals surface area (Å²) >= 11 is 0. The van der Waals surface area contributed by atoms with Gasteiger partial charge in [-0.25, -0.2) is 9.50 Å². The lowest BCUT2D eigenvalue weighted by molar-refractivity contribution is 0.345. The quantitative estimate of drug-likeness (QED) is 0.469. The third-order valence-electron chi connectivity index (χ3n) is 5.31. The Morgan fingerprint density at radius 2 is 1.74 bits per heavy atom. The average molecular weight is 418 g/mol. The summed E-state index contributed by atoms with van der Waals surface area (Å²) in [7, 11) is 0. The van der Waals surface area contributed by atoms with Gasteiger partial charge >= 0.3 is 0 Å². The van der Waals surface area contributed by atoms with Crippen molar-refractivity contribution in [1.82, 2.24) is 19.6 Å². The van der Waals surface area contributed by atoms with Crippen LogP contribution in [0.15, 0.2) is 53.3 Å². The highest BCUT2D eigenvalue weighted by Crippen LogP contribution is 2.25. The van der Waals surface area contributed by atoms with Crippen molar-refractivity contribution in [2.45, 2.75) is 40.0 Å². The van der Waals surface area contributed by atoms with Crippen LogP contribution in [-0.4, -0.2) is 26.3 Å². The molecule has 0 aliphatic heterocycles. The van der Waals surface area contributed by atoms with Crippen LogP contribution in [0.25, 0.3) is 17.0 Å².